The maximum Gasteiger partial charge on any atom is 0.0680 e. The number of aliphatic hydroxyl groups is 1. The minimum atomic E-state index is -0.130. The Kier molecular flexibility index (Phi) is 4.79. The van der Waals surface area contributed by atoms with E-state index < -0.39 is 0 Å². The van der Waals surface area contributed by atoms with Gasteiger partial charge in [-0.3, -0.25) is 4.90 Å². The van der Waals surface area contributed by atoms with Crippen molar-refractivity contribution < 1.29 is 5.11 Å². The number of hydrogen-bond acceptors (Lipinski definition) is 4. The highest BCUT2D eigenvalue weighted by molar-refractivity contribution is 4.87. The van der Waals surface area contributed by atoms with E-state index in [0.29, 0.717) is 12.1 Å². The fraction of sp³-hybridized carbons (Fsp3) is 1.00. The summed E-state index contributed by atoms with van der Waals surface area (Å²) >= 11 is 0. The van der Waals surface area contributed by atoms with E-state index in [1.807, 2.05) is 0 Å². The number of nitrogens with one attached hydrogen (secondary N) is 1. The van der Waals surface area contributed by atoms with Gasteiger partial charge in [-0.2, -0.15) is 0 Å². The van der Waals surface area contributed by atoms with Gasteiger partial charge in [-0.25, -0.2) is 0 Å². The Morgan fingerprint density at radius 1 is 1.35 bits per heavy atom. The van der Waals surface area contributed by atoms with Crippen molar-refractivity contribution in [3.05, 3.63) is 0 Å². The summed E-state index contributed by atoms with van der Waals surface area (Å²) in [6.45, 7) is 7.77. The van der Waals surface area contributed by atoms with Crippen LogP contribution < -0.4 is 5.32 Å². The molecule has 2 aliphatic heterocycles. The molecule has 0 aromatic carbocycles. The van der Waals surface area contributed by atoms with Gasteiger partial charge in [-0.15, -0.1) is 0 Å². The molecule has 2 aliphatic rings. The molecule has 2 heterocycles. The SMILES string of the molecule is CCC1CN(C)CCCN1CC1CC(O)CN1. The van der Waals surface area contributed by atoms with Crippen molar-refractivity contribution in [2.75, 3.05) is 39.8 Å². The standard InChI is InChI=1S/C13H27N3O/c1-3-12-10-15(2)5-4-6-16(12)9-11-7-13(17)8-14-11/h11-14,17H,3-10H2,1-2H3. The largest absolute Gasteiger partial charge is 0.392 e. The van der Waals surface area contributed by atoms with Crippen LogP contribution in [0.3, 0.4) is 0 Å². The molecule has 0 saturated carbocycles. The summed E-state index contributed by atoms with van der Waals surface area (Å²) in [5, 5.41) is 13.0. The summed E-state index contributed by atoms with van der Waals surface area (Å²) in [6.07, 6.45) is 3.28. The highest BCUT2D eigenvalue weighted by atomic mass is 16.3. The van der Waals surface area contributed by atoms with E-state index in [2.05, 4.69) is 29.1 Å². The number of likely N-dealkylation sites (N-methyl/N-ethyl adjacent to an activating group) is 1. The number of aliphatic hydroxyl groups excluding tert-OH is 1. The molecule has 0 radical (unpaired) electrons. The molecule has 2 N–H and O–H groups in total. The fourth-order valence-corrected chi connectivity index (χ4v) is 3.14. The first-order chi connectivity index (χ1) is 8.19. The van der Waals surface area contributed by atoms with Gasteiger partial charge in [-0.1, -0.05) is 6.92 Å². The van der Waals surface area contributed by atoms with E-state index >= 15 is 0 Å². The second-order valence-corrected chi connectivity index (χ2v) is 5.67. The van der Waals surface area contributed by atoms with E-state index in [4.69, 9.17) is 0 Å². The normalized spacial score (nSPS) is 37.2. The molecule has 4 heteroatoms. The molecule has 2 saturated heterocycles. The van der Waals surface area contributed by atoms with E-state index in [-0.39, 0.29) is 6.10 Å². The molecule has 3 atom stereocenters. The smallest absolute Gasteiger partial charge is 0.0680 e. The lowest BCUT2D eigenvalue weighted by Crippen LogP contribution is -2.45. The van der Waals surface area contributed by atoms with E-state index in [9.17, 15) is 5.11 Å². The first kappa shape index (κ1) is 13.3. The van der Waals surface area contributed by atoms with Gasteiger partial charge in [0.1, 0.15) is 0 Å². The van der Waals surface area contributed by atoms with Crippen molar-refractivity contribution in [1.82, 2.24) is 15.1 Å². The van der Waals surface area contributed by atoms with Crippen molar-refractivity contribution in [3.63, 3.8) is 0 Å². The maximum absolute atomic E-state index is 9.56. The molecule has 3 unspecified atom stereocenters. The van der Waals surface area contributed by atoms with Gasteiger partial charge in [0.25, 0.3) is 0 Å². The van der Waals surface area contributed by atoms with Gasteiger partial charge in [0.05, 0.1) is 6.10 Å². The van der Waals surface area contributed by atoms with Gasteiger partial charge in [0, 0.05) is 31.7 Å². The maximum atomic E-state index is 9.56. The summed E-state index contributed by atoms with van der Waals surface area (Å²) in [5.41, 5.74) is 0. The topological polar surface area (TPSA) is 38.7 Å². The Hall–Kier alpha value is -0.160. The molecule has 0 spiro atoms. The van der Waals surface area contributed by atoms with Gasteiger partial charge < -0.3 is 15.3 Å². The molecule has 4 nitrogen and oxygen atoms in total. The lowest BCUT2D eigenvalue weighted by Gasteiger charge is -2.32. The molecule has 0 amide bonds. The van der Waals surface area contributed by atoms with Crippen LogP contribution in [-0.4, -0.2) is 72.9 Å². The minimum Gasteiger partial charge on any atom is -0.392 e. The average molecular weight is 241 g/mol. The Labute approximate surface area is 105 Å². The monoisotopic (exact) mass is 241 g/mol. The summed E-state index contributed by atoms with van der Waals surface area (Å²) in [4.78, 5) is 5.07. The Morgan fingerprint density at radius 2 is 2.18 bits per heavy atom. The van der Waals surface area contributed by atoms with Crippen LogP contribution in [0, 0.1) is 0 Å². The van der Waals surface area contributed by atoms with E-state index in [1.54, 1.807) is 0 Å². The molecule has 100 valence electrons. The third-order valence-electron chi connectivity index (χ3n) is 4.15. The summed E-state index contributed by atoms with van der Waals surface area (Å²) in [6, 6.07) is 1.17. The zero-order valence-electron chi connectivity index (χ0n) is 11.2. The van der Waals surface area contributed by atoms with Crippen LogP contribution in [-0.2, 0) is 0 Å². The predicted molar refractivity (Wildman–Crippen MR) is 70.2 cm³/mol. The first-order valence-electron chi connectivity index (χ1n) is 7.03. The minimum absolute atomic E-state index is 0.130. The summed E-state index contributed by atoms with van der Waals surface area (Å²) in [5.74, 6) is 0. The van der Waals surface area contributed by atoms with E-state index in [0.717, 1.165) is 19.5 Å². The van der Waals surface area contributed by atoms with Crippen LogP contribution in [0.25, 0.3) is 0 Å². The highest BCUT2D eigenvalue weighted by Gasteiger charge is 2.28. The first-order valence-corrected chi connectivity index (χ1v) is 7.03. The Morgan fingerprint density at radius 3 is 2.82 bits per heavy atom. The van der Waals surface area contributed by atoms with Crippen molar-refractivity contribution in [1.29, 1.82) is 0 Å². The third kappa shape index (κ3) is 3.65. The molecule has 0 aliphatic carbocycles. The van der Waals surface area contributed by atoms with Crippen LogP contribution in [0.4, 0.5) is 0 Å². The third-order valence-corrected chi connectivity index (χ3v) is 4.15. The van der Waals surface area contributed by atoms with Gasteiger partial charge >= 0.3 is 0 Å². The molecule has 2 fully saturated rings. The van der Waals surface area contributed by atoms with Crippen LogP contribution in [0.1, 0.15) is 26.2 Å². The van der Waals surface area contributed by atoms with Crippen molar-refractivity contribution in [2.45, 2.75) is 44.4 Å². The molecule has 0 aromatic heterocycles. The molecule has 17 heavy (non-hydrogen) atoms. The second kappa shape index (κ2) is 6.14. The van der Waals surface area contributed by atoms with Gasteiger partial charge in [0.15, 0.2) is 0 Å². The number of nitrogens with zero attached hydrogens (tertiary/aromatic N) is 2. The molecule has 0 bridgehead atoms. The molecule has 2 rings (SSSR count). The fourth-order valence-electron chi connectivity index (χ4n) is 3.14. The highest BCUT2D eigenvalue weighted by Crippen LogP contribution is 2.15. The molecular weight excluding hydrogens is 214 g/mol. The second-order valence-electron chi connectivity index (χ2n) is 5.67. The zero-order valence-corrected chi connectivity index (χ0v) is 11.2. The van der Waals surface area contributed by atoms with Crippen LogP contribution in [0.15, 0.2) is 0 Å². The van der Waals surface area contributed by atoms with E-state index in [1.165, 1.54) is 32.5 Å². The van der Waals surface area contributed by atoms with Crippen LogP contribution >= 0.6 is 0 Å². The Bertz CT molecular complexity index is 237. The van der Waals surface area contributed by atoms with Crippen molar-refractivity contribution in [3.8, 4) is 0 Å². The van der Waals surface area contributed by atoms with Crippen LogP contribution in [0.2, 0.25) is 0 Å². The van der Waals surface area contributed by atoms with Crippen molar-refractivity contribution >= 4 is 0 Å². The lowest BCUT2D eigenvalue weighted by molar-refractivity contribution is 0.160. The van der Waals surface area contributed by atoms with Crippen LogP contribution in [0.5, 0.6) is 0 Å². The number of β-amino-alcohol motifs (C(OH)–C–C–N with tert-alkyl or cyclic N) is 1. The lowest BCUT2D eigenvalue weighted by atomic mass is 10.1. The summed E-state index contributed by atoms with van der Waals surface area (Å²) in [7, 11) is 2.23. The quantitative estimate of drug-likeness (QED) is 0.736. The zero-order chi connectivity index (χ0) is 12.3. The molecule has 0 aromatic rings. The predicted octanol–water partition coefficient (Wildman–Crippen LogP) is 0.125. The number of hydrogen-bond donors (Lipinski definition) is 2. The average Bonchev–Trinajstić information content (AvgIpc) is 2.61. The summed E-state index contributed by atoms with van der Waals surface area (Å²) < 4.78 is 0. The van der Waals surface area contributed by atoms with Crippen molar-refractivity contribution in [2.24, 2.45) is 0 Å². The van der Waals surface area contributed by atoms with Gasteiger partial charge in [-0.05, 0) is 39.4 Å². The molecular formula is C13H27N3O. The van der Waals surface area contributed by atoms with Gasteiger partial charge in [0.2, 0.25) is 0 Å². The Balaban J connectivity index is 1.88. The number of rotatable bonds is 3.